The molecule has 2 rings (SSSR count). The monoisotopic (exact) mass is 250 g/mol. The van der Waals surface area contributed by atoms with E-state index in [9.17, 15) is 0 Å². The van der Waals surface area contributed by atoms with Crippen LogP contribution in [0.4, 0.5) is 0 Å². The van der Waals surface area contributed by atoms with E-state index >= 15 is 0 Å². The van der Waals surface area contributed by atoms with Gasteiger partial charge in [0.05, 0.1) is 13.1 Å². The first-order valence-electron chi connectivity index (χ1n) is 5.73. The normalized spacial score (nSPS) is 11.0. The van der Waals surface area contributed by atoms with Gasteiger partial charge in [-0.3, -0.25) is 0 Å². The second kappa shape index (κ2) is 5.49. The first-order valence-corrected chi connectivity index (χ1v) is 6.55. The predicted molar refractivity (Wildman–Crippen MR) is 70.9 cm³/mol. The fourth-order valence-electron chi connectivity index (χ4n) is 1.67. The SMILES string of the molecule is Cc1cc(CNCc2ccc(CN)o2)sc1C. The Bertz CT molecular complexity index is 468. The van der Waals surface area contributed by atoms with Crippen LogP contribution in [-0.2, 0) is 19.6 Å². The van der Waals surface area contributed by atoms with Crippen molar-refractivity contribution in [1.82, 2.24) is 5.32 Å². The van der Waals surface area contributed by atoms with Crippen LogP contribution < -0.4 is 11.1 Å². The molecule has 4 heteroatoms. The number of nitrogens with one attached hydrogen (secondary N) is 1. The molecule has 0 spiro atoms. The van der Waals surface area contributed by atoms with Gasteiger partial charge in [-0.15, -0.1) is 11.3 Å². The molecule has 17 heavy (non-hydrogen) atoms. The van der Waals surface area contributed by atoms with Gasteiger partial charge in [0.25, 0.3) is 0 Å². The molecule has 0 aliphatic heterocycles. The van der Waals surface area contributed by atoms with E-state index in [0.29, 0.717) is 6.54 Å². The maximum Gasteiger partial charge on any atom is 0.118 e. The van der Waals surface area contributed by atoms with Crippen LogP contribution in [0.25, 0.3) is 0 Å². The van der Waals surface area contributed by atoms with Gasteiger partial charge in [-0.25, -0.2) is 0 Å². The third-order valence-corrected chi connectivity index (χ3v) is 3.89. The van der Waals surface area contributed by atoms with Gasteiger partial charge in [0, 0.05) is 16.3 Å². The predicted octanol–water partition coefficient (Wildman–Crippen LogP) is 2.71. The van der Waals surface area contributed by atoms with Crippen molar-refractivity contribution in [2.75, 3.05) is 0 Å². The third-order valence-electron chi connectivity index (χ3n) is 2.73. The zero-order valence-corrected chi connectivity index (χ0v) is 11.1. The maximum absolute atomic E-state index is 5.52. The number of nitrogens with two attached hydrogens (primary N) is 1. The van der Waals surface area contributed by atoms with Gasteiger partial charge in [0.1, 0.15) is 11.5 Å². The molecule has 0 aromatic carbocycles. The molecule has 0 saturated heterocycles. The minimum absolute atomic E-state index is 0.462. The van der Waals surface area contributed by atoms with Gasteiger partial charge in [0.15, 0.2) is 0 Å². The molecule has 0 bridgehead atoms. The van der Waals surface area contributed by atoms with Gasteiger partial charge in [-0.05, 0) is 37.6 Å². The van der Waals surface area contributed by atoms with Crippen LogP contribution in [0.2, 0.25) is 0 Å². The molecular weight excluding hydrogens is 232 g/mol. The van der Waals surface area contributed by atoms with Crippen molar-refractivity contribution in [2.45, 2.75) is 33.5 Å². The van der Waals surface area contributed by atoms with Crippen LogP contribution in [0, 0.1) is 13.8 Å². The average Bonchev–Trinajstić information content (AvgIpc) is 2.87. The lowest BCUT2D eigenvalue weighted by Gasteiger charge is -2.00. The summed E-state index contributed by atoms with van der Waals surface area (Å²) in [5.74, 6) is 1.78. The van der Waals surface area contributed by atoms with Crippen molar-refractivity contribution in [3.63, 3.8) is 0 Å². The molecule has 2 aromatic rings. The van der Waals surface area contributed by atoms with Gasteiger partial charge in [-0.2, -0.15) is 0 Å². The molecule has 2 heterocycles. The Labute approximate surface area is 106 Å². The number of rotatable bonds is 5. The van der Waals surface area contributed by atoms with E-state index in [1.165, 1.54) is 15.3 Å². The molecule has 0 atom stereocenters. The molecule has 2 aromatic heterocycles. The van der Waals surface area contributed by atoms with Gasteiger partial charge in [-0.1, -0.05) is 0 Å². The van der Waals surface area contributed by atoms with Crippen LogP contribution >= 0.6 is 11.3 Å². The first-order chi connectivity index (χ1) is 8.19. The van der Waals surface area contributed by atoms with Gasteiger partial charge < -0.3 is 15.5 Å². The molecule has 3 N–H and O–H groups in total. The number of thiophene rings is 1. The highest BCUT2D eigenvalue weighted by Crippen LogP contribution is 2.20. The molecule has 0 aliphatic carbocycles. The summed E-state index contributed by atoms with van der Waals surface area (Å²) >= 11 is 1.85. The van der Waals surface area contributed by atoms with E-state index < -0.39 is 0 Å². The van der Waals surface area contributed by atoms with E-state index in [2.05, 4.69) is 25.2 Å². The lowest BCUT2D eigenvalue weighted by Crippen LogP contribution is -2.11. The maximum atomic E-state index is 5.52. The Morgan fingerprint density at radius 3 is 2.59 bits per heavy atom. The average molecular weight is 250 g/mol. The summed E-state index contributed by atoms with van der Waals surface area (Å²) in [5.41, 5.74) is 6.86. The molecule has 0 amide bonds. The first kappa shape index (κ1) is 12.4. The third kappa shape index (κ3) is 3.19. The smallest absolute Gasteiger partial charge is 0.118 e. The molecule has 0 saturated carbocycles. The summed E-state index contributed by atoms with van der Waals surface area (Å²) in [6, 6.07) is 6.14. The second-order valence-corrected chi connectivity index (χ2v) is 5.47. The zero-order valence-electron chi connectivity index (χ0n) is 10.2. The number of aryl methyl sites for hydroxylation is 2. The summed E-state index contributed by atoms with van der Waals surface area (Å²) in [5, 5.41) is 3.37. The van der Waals surface area contributed by atoms with Crippen LogP contribution in [0.15, 0.2) is 22.6 Å². The fraction of sp³-hybridized carbons (Fsp3) is 0.385. The summed E-state index contributed by atoms with van der Waals surface area (Å²) in [6.45, 7) is 6.40. The molecule has 0 fully saturated rings. The van der Waals surface area contributed by atoms with Crippen molar-refractivity contribution >= 4 is 11.3 Å². The second-order valence-electron chi connectivity index (χ2n) is 4.13. The van der Waals surface area contributed by atoms with E-state index in [1.807, 2.05) is 23.5 Å². The Hall–Kier alpha value is -1.10. The van der Waals surface area contributed by atoms with E-state index in [0.717, 1.165) is 24.6 Å². The summed E-state index contributed by atoms with van der Waals surface area (Å²) < 4.78 is 5.52. The number of furan rings is 1. The Morgan fingerprint density at radius 2 is 2.00 bits per heavy atom. The number of hydrogen-bond acceptors (Lipinski definition) is 4. The van der Waals surface area contributed by atoms with Crippen LogP contribution in [0.1, 0.15) is 26.8 Å². The highest BCUT2D eigenvalue weighted by atomic mass is 32.1. The topological polar surface area (TPSA) is 51.2 Å². The highest BCUT2D eigenvalue weighted by Gasteiger charge is 2.03. The van der Waals surface area contributed by atoms with Crippen molar-refractivity contribution in [3.8, 4) is 0 Å². The standard InChI is InChI=1S/C13H18N2OS/c1-9-5-13(17-10(9)2)8-15-7-12-4-3-11(6-14)16-12/h3-5,15H,6-8,14H2,1-2H3. The van der Waals surface area contributed by atoms with E-state index in [1.54, 1.807) is 0 Å². The largest absolute Gasteiger partial charge is 0.463 e. The fourth-order valence-corrected chi connectivity index (χ4v) is 2.70. The summed E-state index contributed by atoms with van der Waals surface area (Å²) in [4.78, 5) is 2.76. The Balaban J connectivity index is 1.83. The van der Waals surface area contributed by atoms with Crippen LogP contribution in [0.5, 0.6) is 0 Å². The van der Waals surface area contributed by atoms with Gasteiger partial charge in [0.2, 0.25) is 0 Å². The number of hydrogen-bond donors (Lipinski definition) is 2. The lowest BCUT2D eigenvalue weighted by molar-refractivity contribution is 0.448. The molecule has 92 valence electrons. The van der Waals surface area contributed by atoms with Crippen molar-refractivity contribution in [2.24, 2.45) is 5.73 Å². The zero-order chi connectivity index (χ0) is 12.3. The molecular formula is C13H18N2OS. The van der Waals surface area contributed by atoms with Crippen molar-refractivity contribution in [1.29, 1.82) is 0 Å². The van der Waals surface area contributed by atoms with E-state index in [4.69, 9.17) is 10.2 Å². The quantitative estimate of drug-likeness (QED) is 0.858. The lowest BCUT2D eigenvalue weighted by atomic mass is 10.3. The van der Waals surface area contributed by atoms with Crippen molar-refractivity contribution < 1.29 is 4.42 Å². The molecule has 0 radical (unpaired) electrons. The highest BCUT2D eigenvalue weighted by molar-refractivity contribution is 7.12. The Kier molecular flexibility index (Phi) is 3.99. The minimum atomic E-state index is 0.462. The van der Waals surface area contributed by atoms with Crippen LogP contribution in [-0.4, -0.2) is 0 Å². The Morgan fingerprint density at radius 1 is 1.24 bits per heavy atom. The van der Waals surface area contributed by atoms with Crippen molar-refractivity contribution in [3.05, 3.63) is 45.0 Å². The molecule has 0 aliphatic rings. The summed E-state index contributed by atoms with van der Waals surface area (Å²) in [7, 11) is 0. The van der Waals surface area contributed by atoms with E-state index in [-0.39, 0.29) is 0 Å². The van der Waals surface area contributed by atoms with Gasteiger partial charge >= 0.3 is 0 Å². The summed E-state index contributed by atoms with van der Waals surface area (Å²) in [6.07, 6.45) is 0. The van der Waals surface area contributed by atoms with Crippen LogP contribution in [0.3, 0.4) is 0 Å². The molecule has 3 nitrogen and oxygen atoms in total. The molecule has 0 unspecified atom stereocenters. The minimum Gasteiger partial charge on any atom is -0.463 e.